The Bertz CT molecular complexity index is 1220. The van der Waals surface area contributed by atoms with Crippen LogP contribution < -0.4 is 5.32 Å². The van der Waals surface area contributed by atoms with E-state index >= 15 is 0 Å². The molecule has 8 nitrogen and oxygen atoms in total. The van der Waals surface area contributed by atoms with Crippen LogP contribution in [0.5, 0.6) is 0 Å². The zero-order valence-corrected chi connectivity index (χ0v) is 20.9. The molecule has 2 N–H and O–H groups in total. The van der Waals surface area contributed by atoms with Crippen molar-refractivity contribution in [2.75, 3.05) is 19.7 Å². The monoisotopic (exact) mass is 566 g/mol. The van der Waals surface area contributed by atoms with Gasteiger partial charge in [0.25, 0.3) is 0 Å². The summed E-state index contributed by atoms with van der Waals surface area (Å²) in [6.07, 6.45) is 2.56. The highest BCUT2D eigenvalue weighted by Gasteiger charge is 2.41. The van der Waals surface area contributed by atoms with Gasteiger partial charge in [0, 0.05) is 40.9 Å². The van der Waals surface area contributed by atoms with E-state index in [4.69, 9.17) is 14.8 Å². The number of rotatable bonds is 8. The molecule has 3 atom stereocenters. The van der Waals surface area contributed by atoms with E-state index in [1.807, 2.05) is 0 Å². The molecule has 35 heavy (non-hydrogen) atoms. The molecule has 0 radical (unpaired) electrons. The number of nitrogens with zero attached hydrogens (tertiary/aromatic N) is 3. The van der Waals surface area contributed by atoms with Crippen LogP contribution in [-0.4, -0.2) is 64.7 Å². The number of ether oxygens (including phenoxy) is 1. The molecule has 1 aromatic carbocycles. The molecule has 2 unspecified atom stereocenters. The Kier molecular flexibility index (Phi) is 7.72. The van der Waals surface area contributed by atoms with Crippen LogP contribution in [0.15, 0.2) is 62.7 Å². The van der Waals surface area contributed by atoms with Gasteiger partial charge in [0.05, 0.1) is 18.2 Å². The number of esters is 1. The number of alkyl halides is 1. The summed E-state index contributed by atoms with van der Waals surface area (Å²) in [5.41, 5.74) is 1.16. The number of carbonyl (C=O) groups excluding carboxylic acids is 1. The fourth-order valence-electron chi connectivity index (χ4n) is 3.91. The second-order valence-corrected chi connectivity index (χ2v) is 9.50. The van der Waals surface area contributed by atoms with E-state index in [0.717, 1.165) is 6.08 Å². The van der Waals surface area contributed by atoms with Gasteiger partial charge in [0.15, 0.2) is 10.8 Å². The first-order valence-electron chi connectivity index (χ1n) is 10.7. The van der Waals surface area contributed by atoms with Gasteiger partial charge in [-0.25, -0.2) is 23.4 Å². The van der Waals surface area contributed by atoms with Crippen molar-refractivity contribution in [1.29, 1.82) is 0 Å². The Morgan fingerprint density at radius 2 is 2.23 bits per heavy atom. The number of aromatic nitrogens is 1. The Morgan fingerprint density at radius 1 is 1.43 bits per heavy atom. The molecule has 3 heterocycles. The van der Waals surface area contributed by atoms with Crippen molar-refractivity contribution in [3.8, 4) is 0 Å². The Morgan fingerprint density at radius 3 is 2.86 bits per heavy atom. The molecule has 2 aromatic rings. The van der Waals surface area contributed by atoms with Gasteiger partial charge < -0.3 is 15.2 Å². The highest BCUT2D eigenvalue weighted by molar-refractivity contribution is 9.10. The minimum Gasteiger partial charge on any atom is -0.478 e. The minimum atomic E-state index is -1.24. The van der Waals surface area contributed by atoms with Gasteiger partial charge in [0.1, 0.15) is 18.0 Å². The predicted octanol–water partition coefficient (Wildman–Crippen LogP) is 3.62. The summed E-state index contributed by atoms with van der Waals surface area (Å²) in [5.74, 6) is -1.85. The van der Waals surface area contributed by atoms with Gasteiger partial charge in [-0.1, -0.05) is 28.1 Å². The standard InChI is InChI=1S/C23H21BrF2N4O4S/c1-2-34-23(33)19-16(11-30-10-15(26)17(30)5-6-18(31)32)28-21(22-27-7-8-35-22)29-20(19)13-4-3-12(25)9-14(13)24/h3-9,15,17,20H,2,10-11H2,1H3,(H,28,29)(H,31,32)/b6-5+/t15?,17?,20-/m0/s1. The molecule has 0 amide bonds. The third-order valence-electron chi connectivity index (χ3n) is 5.51. The number of aliphatic carboxylic acids is 1. The third-order valence-corrected chi connectivity index (χ3v) is 6.98. The van der Waals surface area contributed by atoms with Crippen LogP contribution in [0.2, 0.25) is 0 Å². The number of amidine groups is 1. The first-order valence-corrected chi connectivity index (χ1v) is 12.3. The molecule has 1 aromatic heterocycles. The van der Waals surface area contributed by atoms with Crippen LogP contribution in [0.3, 0.4) is 0 Å². The van der Waals surface area contributed by atoms with Crippen LogP contribution in [-0.2, 0) is 14.3 Å². The molecule has 4 rings (SSSR count). The molecule has 2 aliphatic heterocycles. The normalized spacial score (nSPS) is 22.5. The van der Waals surface area contributed by atoms with Crippen molar-refractivity contribution in [1.82, 2.24) is 15.2 Å². The fourth-order valence-corrected chi connectivity index (χ4v) is 5.06. The Balaban J connectivity index is 1.79. The van der Waals surface area contributed by atoms with Crippen molar-refractivity contribution in [3.05, 3.63) is 74.1 Å². The number of thiazole rings is 1. The lowest BCUT2D eigenvalue weighted by Crippen LogP contribution is -2.58. The molecule has 2 aliphatic rings. The summed E-state index contributed by atoms with van der Waals surface area (Å²) >= 11 is 4.71. The molecule has 184 valence electrons. The molecule has 0 bridgehead atoms. The summed E-state index contributed by atoms with van der Waals surface area (Å²) in [6.45, 7) is 1.96. The predicted molar refractivity (Wildman–Crippen MR) is 129 cm³/mol. The van der Waals surface area contributed by atoms with E-state index < -0.39 is 36.0 Å². The van der Waals surface area contributed by atoms with E-state index in [9.17, 15) is 18.4 Å². The Hall–Kier alpha value is -2.96. The van der Waals surface area contributed by atoms with Crippen molar-refractivity contribution in [3.63, 3.8) is 0 Å². The second kappa shape index (κ2) is 10.8. The number of carboxylic acids is 1. The molecular formula is C23H21BrF2N4O4S. The SMILES string of the molecule is CCOC(=O)C1=C(CN2CC(F)C2/C=C/C(=O)O)NC(c2nccs2)=N[C@H]1c1ccc(F)cc1Br. The van der Waals surface area contributed by atoms with Crippen LogP contribution in [0.25, 0.3) is 0 Å². The van der Waals surface area contributed by atoms with Gasteiger partial charge in [0.2, 0.25) is 0 Å². The number of carboxylic acid groups (broad SMARTS) is 1. The number of likely N-dealkylation sites (tertiary alicyclic amines) is 1. The summed E-state index contributed by atoms with van der Waals surface area (Å²) in [4.78, 5) is 34.8. The lowest BCUT2D eigenvalue weighted by Gasteiger charge is -2.43. The van der Waals surface area contributed by atoms with E-state index in [2.05, 4.69) is 26.2 Å². The van der Waals surface area contributed by atoms with Crippen molar-refractivity contribution in [2.24, 2.45) is 4.99 Å². The smallest absolute Gasteiger partial charge is 0.338 e. The van der Waals surface area contributed by atoms with Crippen LogP contribution in [0.1, 0.15) is 23.5 Å². The number of aliphatic imine (C=N–C) groups is 1. The van der Waals surface area contributed by atoms with E-state index in [0.29, 0.717) is 26.6 Å². The number of benzene rings is 1. The van der Waals surface area contributed by atoms with Gasteiger partial charge in [-0.3, -0.25) is 9.89 Å². The van der Waals surface area contributed by atoms with Crippen molar-refractivity contribution in [2.45, 2.75) is 25.2 Å². The number of carbonyl (C=O) groups is 2. The first-order chi connectivity index (χ1) is 16.8. The van der Waals surface area contributed by atoms with Crippen molar-refractivity contribution < 1.29 is 28.2 Å². The molecule has 1 saturated heterocycles. The minimum absolute atomic E-state index is 0.0601. The maximum absolute atomic E-state index is 14.3. The molecule has 0 aliphatic carbocycles. The topological polar surface area (TPSA) is 104 Å². The number of hydrogen-bond donors (Lipinski definition) is 2. The Labute approximate surface area is 212 Å². The zero-order valence-electron chi connectivity index (χ0n) is 18.5. The lowest BCUT2D eigenvalue weighted by molar-refractivity contribution is -0.139. The van der Waals surface area contributed by atoms with Gasteiger partial charge in [-0.05, 0) is 24.6 Å². The van der Waals surface area contributed by atoms with Crippen LogP contribution in [0, 0.1) is 5.82 Å². The third kappa shape index (κ3) is 5.49. The van der Waals surface area contributed by atoms with Crippen LogP contribution in [0.4, 0.5) is 8.78 Å². The molecule has 1 fully saturated rings. The number of nitrogens with one attached hydrogen (secondary N) is 1. The highest BCUT2D eigenvalue weighted by atomic mass is 79.9. The lowest BCUT2D eigenvalue weighted by atomic mass is 9.93. The molecular weight excluding hydrogens is 546 g/mol. The zero-order chi connectivity index (χ0) is 25.1. The fraction of sp³-hybridized carbons (Fsp3) is 0.304. The molecule has 12 heteroatoms. The maximum Gasteiger partial charge on any atom is 0.338 e. The average Bonchev–Trinajstić information content (AvgIpc) is 3.33. The largest absolute Gasteiger partial charge is 0.478 e. The van der Waals surface area contributed by atoms with Gasteiger partial charge >= 0.3 is 11.9 Å². The first kappa shape index (κ1) is 25.1. The molecule has 0 spiro atoms. The highest BCUT2D eigenvalue weighted by Crippen LogP contribution is 2.37. The summed E-state index contributed by atoms with van der Waals surface area (Å²) in [6, 6.07) is 2.49. The number of hydrogen-bond acceptors (Lipinski definition) is 8. The van der Waals surface area contributed by atoms with E-state index in [1.165, 1.54) is 35.6 Å². The molecule has 0 saturated carbocycles. The summed E-state index contributed by atoms with van der Waals surface area (Å²) < 4.78 is 33.8. The summed E-state index contributed by atoms with van der Waals surface area (Å²) in [5, 5.41) is 14.4. The van der Waals surface area contributed by atoms with Gasteiger partial charge in [-0.15, -0.1) is 11.3 Å². The summed E-state index contributed by atoms with van der Waals surface area (Å²) in [7, 11) is 0. The second-order valence-electron chi connectivity index (χ2n) is 7.75. The number of halogens is 3. The maximum atomic E-state index is 14.3. The average molecular weight is 567 g/mol. The quantitative estimate of drug-likeness (QED) is 0.371. The van der Waals surface area contributed by atoms with Crippen LogP contribution >= 0.6 is 27.3 Å². The van der Waals surface area contributed by atoms with Crippen molar-refractivity contribution >= 4 is 45.0 Å². The van der Waals surface area contributed by atoms with Gasteiger partial charge in [-0.2, -0.15) is 0 Å². The van der Waals surface area contributed by atoms with E-state index in [1.54, 1.807) is 23.4 Å². The van der Waals surface area contributed by atoms with E-state index in [-0.39, 0.29) is 25.3 Å².